The zero-order chi connectivity index (χ0) is 10.4. The molecular weight excluding hydrogens is 192 g/mol. The van der Waals surface area contributed by atoms with E-state index in [1.807, 2.05) is 19.1 Å². The zero-order valence-corrected chi connectivity index (χ0v) is 9.33. The van der Waals surface area contributed by atoms with E-state index in [1.54, 1.807) is 12.3 Å². The fourth-order valence-electron chi connectivity index (χ4n) is 1.12. The van der Waals surface area contributed by atoms with Crippen LogP contribution in [0.25, 0.3) is 5.57 Å². The third-order valence-corrected chi connectivity index (χ3v) is 1.92. The minimum atomic E-state index is 0.696. The highest BCUT2D eigenvalue weighted by Gasteiger charge is 2.00. The van der Waals surface area contributed by atoms with Crippen LogP contribution in [0.3, 0.4) is 0 Å². The molecule has 0 aliphatic heterocycles. The molecule has 0 amide bonds. The van der Waals surface area contributed by atoms with Gasteiger partial charge in [-0.05, 0) is 19.4 Å². The summed E-state index contributed by atoms with van der Waals surface area (Å²) >= 11 is 4.18. The molecule has 2 nitrogen and oxygen atoms in total. The SMILES string of the molecule is C/C=C\C(=C/CC)c1nccc(S)n1. The summed E-state index contributed by atoms with van der Waals surface area (Å²) in [7, 11) is 0. The molecule has 1 rings (SSSR count). The molecule has 0 saturated carbocycles. The molecule has 0 atom stereocenters. The van der Waals surface area contributed by atoms with Gasteiger partial charge in [0.05, 0.1) is 5.03 Å². The van der Waals surface area contributed by atoms with E-state index in [0.717, 1.165) is 17.8 Å². The Bertz CT molecular complexity index is 356. The quantitative estimate of drug-likeness (QED) is 0.467. The third kappa shape index (κ3) is 3.00. The van der Waals surface area contributed by atoms with Crippen molar-refractivity contribution < 1.29 is 0 Å². The number of nitrogens with zero attached hydrogens (tertiary/aromatic N) is 2. The van der Waals surface area contributed by atoms with Crippen molar-refractivity contribution in [3.8, 4) is 0 Å². The summed E-state index contributed by atoms with van der Waals surface area (Å²) in [6.45, 7) is 4.07. The lowest BCUT2D eigenvalue weighted by Gasteiger charge is -2.00. The van der Waals surface area contributed by atoms with Crippen LogP contribution in [-0.2, 0) is 0 Å². The van der Waals surface area contributed by atoms with Gasteiger partial charge in [0.15, 0.2) is 5.82 Å². The van der Waals surface area contributed by atoms with Crippen LogP contribution in [0.15, 0.2) is 35.5 Å². The summed E-state index contributed by atoms with van der Waals surface area (Å²) < 4.78 is 0. The van der Waals surface area contributed by atoms with Crippen molar-refractivity contribution >= 4 is 18.2 Å². The van der Waals surface area contributed by atoms with Gasteiger partial charge < -0.3 is 0 Å². The van der Waals surface area contributed by atoms with Gasteiger partial charge in [0, 0.05) is 11.8 Å². The first-order chi connectivity index (χ1) is 6.77. The molecule has 0 unspecified atom stereocenters. The average Bonchev–Trinajstić information content (AvgIpc) is 2.17. The van der Waals surface area contributed by atoms with Crippen LogP contribution < -0.4 is 0 Å². The predicted molar refractivity (Wildman–Crippen MR) is 62.4 cm³/mol. The van der Waals surface area contributed by atoms with Gasteiger partial charge in [0.25, 0.3) is 0 Å². The standard InChI is InChI=1S/C11H14N2S/c1-3-5-9(6-4-2)11-12-8-7-10(14)13-11/h3,5-8H,4H2,1-2H3,(H,12,13,14)/b5-3-,9-6+. The molecule has 1 aromatic rings. The van der Waals surface area contributed by atoms with Crippen molar-refractivity contribution in [3.63, 3.8) is 0 Å². The maximum atomic E-state index is 4.24. The van der Waals surface area contributed by atoms with Crippen molar-refractivity contribution in [2.75, 3.05) is 0 Å². The van der Waals surface area contributed by atoms with E-state index < -0.39 is 0 Å². The third-order valence-electron chi connectivity index (χ3n) is 1.67. The summed E-state index contributed by atoms with van der Waals surface area (Å²) in [5, 5.41) is 0.696. The van der Waals surface area contributed by atoms with Crippen LogP contribution in [-0.4, -0.2) is 9.97 Å². The largest absolute Gasteiger partial charge is 0.237 e. The molecule has 0 aromatic carbocycles. The van der Waals surface area contributed by atoms with E-state index in [4.69, 9.17) is 0 Å². The van der Waals surface area contributed by atoms with Crippen LogP contribution in [0.4, 0.5) is 0 Å². The summed E-state index contributed by atoms with van der Waals surface area (Å²) in [5.74, 6) is 0.734. The molecule has 1 heterocycles. The van der Waals surface area contributed by atoms with Crippen LogP contribution >= 0.6 is 12.6 Å². The minimum Gasteiger partial charge on any atom is -0.237 e. The van der Waals surface area contributed by atoms with Gasteiger partial charge in [-0.15, -0.1) is 12.6 Å². The fraction of sp³-hybridized carbons (Fsp3) is 0.273. The first-order valence-electron chi connectivity index (χ1n) is 4.63. The van der Waals surface area contributed by atoms with Gasteiger partial charge in [0.2, 0.25) is 0 Å². The maximum Gasteiger partial charge on any atom is 0.160 e. The van der Waals surface area contributed by atoms with Gasteiger partial charge in [-0.25, -0.2) is 9.97 Å². The Hall–Kier alpha value is -1.09. The second-order valence-corrected chi connectivity index (χ2v) is 3.26. The lowest BCUT2D eigenvalue weighted by atomic mass is 10.2. The van der Waals surface area contributed by atoms with Crippen LogP contribution in [0, 0.1) is 0 Å². The van der Waals surface area contributed by atoms with Crippen molar-refractivity contribution in [3.05, 3.63) is 36.3 Å². The Labute approximate surface area is 90.2 Å². The molecule has 0 fully saturated rings. The molecule has 0 aliphatic carbocycles. The van der Waals surface area contributed by atoms with E-state index in [-0.39, 0.29) is 0 Å². The Morgan fingerprint density at radius 1 is 1.57 bits per heavy atom. The molecule has 0 aliphatic rings. The molecule has 1 aromatic heterocycles. The van der Waals surface area contributed by atoms with Crippen LogP contribution in [0.5, 0.6) is 0 Å². The average molecular weight is 206 g/mol. The smallest absolute Gasteiger partial charge is 0.160 e. The topological polar surface area (TPSA) is 25.8 Å². The lowest BCUT2D eigenvalue weighted by molar-refractivity contribution is 1.02. The van der Waals surface area contributed by atoms with Gasteiger partial charge in [-0.2, -0.15) is 0 Å². The Balaban J connectivity index is 3.05. The van der Waals surface area contributed by atoms with Gasteiger partial charge >= 0.3 is 0 Å². The molecule has 0 saturated heterocycles. The van der Waals surface area contributed by atoms with Crippen molar-refractivity contribution in [1.82, 2.24) is 9.97 Å². The summed E-state index contributed by atoms with van der Waals surface area (Å²) in [5.41, 5.74) is 1.05. The summed E-state index contributed by atoms with van der Waals surface area (Å²) in [6.07, 6.45) is 8.78. The number of allylic oxidation sites excluding steroid dienone is 4. The van der Waals surface area contributed by atoms with E-state index >= 15 is 0 Å². The molecule has 0 bridgehead atoms. The normalized spacial score (nSPS) is 12.4. The predicted octanol–water partition coefficient (Wildman–Crippen LogP) is 3.13. The van der Waals surface area contributed by atoms with Crippen LogP contribution in [0.2, 0.25) is 0 Å². The number of thiol groups is 1. The van der Waals surface area contributed by atoms with E-state index in [0.29, 0.717) is 5.03 Å². The summed E-state index contributed by atoms with van der Waals surface area (Å²) in [6, 6.07) is 1.77. The molecular formula is C11H14N2S. The highest BCUT2D eigenvalue weighted by atomic mass is 32.1. The van der Waals surface area contributed by atoms with Crippen molar-refractivity contribution in [1.29, 1.82) is 0 Å². The number of hydrogen-bond donors (Lipinski definition) is 1. The molecule has 0 N–H and O–H groups in total. The van der Waals surface area contributed by atoms with Gasteiger partial charge in [-0.3, -0.25) is 0 Å². The monoisotopic (exact) mass is 206 g/mol. The van der Waals surface area contributed by atoms with Crippen molar-refractivity contribution in [2.24, 2.45) is 0 Å². The van der Waals surface area contributed by atoms with Crippen LogP contribution in [0.1, 0.15) is 26.1 Å². The minimum absolute atomic E-state index is 0.696. The first kappa shape index (κ1) is 11.0. The Morgan fingerprint density at radius 2 is 2.36 bits per heavy atom. The number of rotatable bonds is 3. The molecule has 0 radical (unpaired) electrons. The second kappa shape index (κ2) is 5.60. The molecule has 14 heavy (non-hydrogen) atoms. The van der Waals surface area contributed by atoms with E-state index in [2.05, 4.69) is 35.6 Å². The maximum absolute atomic E-state index is 4.24. The molecule has 0 spiro atoms. The van der Waals surface area contributed by atoms with Gasteiger partial charge in [0.1, 0.15) is 0 Å². The Kier molecular flexibility index (Phi) is 4.40. The summed E-state index contributed by atoms with van der Waals surface area (Å²) in [4.78, 5) is 8.44. The zero-order valence-electron chi connectivity index (χ0n) is 8.44. The first-order valence-corrected chi connectivity index (χ1v) is 5.08. The van der Waals surface area contributed by atoms with E-state index in [9.17, 15) is 0 Å². The molecule has 74 valence electrons. The Morgan fingerprint density at radius 3 is 2.93 bits per heavy atom. The highest BCUT2D eigenvalue weighted by Crippen LogP contribution is 2.13. The lowest BCUT2D eigenvalue weighted by Crippen LogP contribution is -1.92. The fourth-order valence-corrected chi connectivity index (χ4v) is 1.28. The van der Waals surface area contributed by atoms with Crippen molar-refractivity contribution in [2.45, 2.75) is 25.3 Å². The van der Waals surface area contributed by atoms with Gasteiger partial charge in [-0.1, -0.05) is 25.2 Å². The second-order valence-electron chi connectivity index (χ2n) is 2.81. The van der Waals surface area contributed by atoms with E-state index in [1.165, 1.54) is 0 Å². The highest BCUT2D eigenvalue weighted by molar-refractivity contribution is 7.80. The number of hydrogen-bond acceptors (Lipinski definition) is 3. The number of aromatic nitrogens is 2. The molecule has 3 heteroatoms.